The van der Waals surface area contributed by atoms with E-state index < -0.39 is 5.41 Å². The highest BCUT2D eigenvalue weighted by molar-refractivity contribution is 7.01. The lowest BCUT2D eigenvalue weighted by Gasteiger charge is -2.44. The molecule has 15 rings (SSSR count). The van der Waals surface area contributed by atoms with E-state index in [4.69, 9.17) is 0 Å². The van der Waals surface area contributed by atoms with E-state index in [9.17, 15) is 0 Å². The molecule has 5 heterocycles. The molecule has 348 valence electrons. The van der Waals surface area contributed by atoms with E-state index in [0.29, 0.717) is 35.5 Å². The van der Waals surface area contributed by atoms with Crippen molar-refractivity contribution in [2.75, 3.05) is 0 Å². The highest BCUT2D eigenvalue weighted by Gasteiger charge is 2.55. The second-order valence-electron chi connectivity index (χ2n) is 23.2. The fourth-order valence-electron chi connectivity index (χ4n) is 16.0. The van der Waals surface area contributed by atoms with Crippen LogP contribution < -0.4 is 16.4 Å². The molecule has 1 aliphatic carbocycles. The summed E-state index contributed by atoms with van der Waals surface area (Å²) < 4.78 is 5.54. The second-order valence-corrected chi connectivity index (χ2v) is 23.2. The fraction of sp³-hybridized carbons (Fsp3) is 0.217. The summed E-state index contributed by atoms with van der Waals surface area (Å²) in [6.45, 7) is 19.5. The fourth-order valence-corrected chi connectivity index (χ4v) is 16.0. The van der Waals surface area contributed by atoms with E-state index >= 15 is 0 Å². The summed E-state index contributed by atoms with van der Waals surface area (Å²) in [5, 5.41) is 6.75. The van der Waals surface area contributed by atoms with Crippen molar-refractivity contribution < 1.29 is 0 Å². The molecule has 9 aromatic carbocycles. The Morgan fingerprint density at radius 3 is 1.60 bits per heavy atom. The molecule has 0 N–H and O–H groups in total. The first-order valence-corrected chi connectivity index (χ1v) is 26.8. The number of aromatic nitrogens is 2. The Bertz CT molecular complexity index is 4060. The van der Waals surface area contributed by atoms with Gasteiger partial charge in [0.1, 0.15) is 0 Å². The predicted octanol–water partition coefficient (Wildman–Crippen LogP) is 15.8. The molecule has 3 aliphatic heterocycles. The SMILES string of the molecule is CC(C)C(c1cc2c3c(c1)c1cc(C(C(C)C)C(C)C)cc4c1n3-c1c(ccc3c1B2c1c2ccccc2cc2c(-c5ccccc5)c(-c5ccccc5)n-3c12)C41c2ccccc2-c2ccccc21)C(C)C. The average molecular weight is 927 g/mol. The van der Waals surface area contributed by atoms with Gasteiger partial charge < -0.3 is 9.13 Å². The van der Waals surface area contributed by atoms with E-state index in [0.717, 1.165) is 0 Å². The highest BCUT2D eigenvalue weighted by Crippen LogP contribution is 2.62. The maximum Gasteiger partial charge on any atom is 0.253 e. The number of hydrogen-bond donors (Lipinski definition) is 0. The third-order valence-corrected chi connectivity index (χ3v) is 18.1. The van der Waals surface area contributed by atoms with E-state index in [2.05, 4.69) is 240 Å². The van der Waals surface area contributed by atoms with Crippen molar-refractivity contribution in [2.24, 2.45) is 23.7 Å². The van der Waals surface area contributed by atoms with Gasteiger partial charge in [0.25, 0.3) is 6.71 Å². The van der Waals surface area contributed by atoms with Crippen LogP contribution in [0.25, 0.3) is 88.4 Å². The maximum atomic E-state index is 2.82. The number of rotatable bonds is 8. The number of nitrogens with zero attached hydrogens (tertiary/aromatic N) is 2. The molecule has 0 atom stereocenters. The van der Waals surface area contributed by atoms with E-state index in [-0.39, 0.29) is 6.71 Å². The minimum Gasteiger partial charge on any atom is -0.310 e. The summed E-state index contributed by atoms with van der Waals surface area (Å²) in [6, 6.07) is 69.0. The largest absolute Gasteiger partial charge is 0.310 e. The summed E-state index contributed by atoms with van der Waals surface area (Å²) >= 11 is 0. The lowest BCUT2D eigenvalue weighted by molar-refractivity contribution is 0.387. The lowest BCUT2D eigenvalue weighted by atomic mass is 9.33. The van der Waals surface area contributed by atoms with E-state index in [1.807, 2.05) is 0 Å². The number of hydrogen-bond acceptors (Lipinski definition) is 0. The van der Waals surface area contributed by atoms with Gasteiger partial charge in [-0.3, -0.25) is 0 Å². The Hall–Kier alpha value is -7.36. The maximum absolute atomic E-state index is 2.82. The van der Waals surface area contributed by atoms with Gasteiger partial charge in [0.05, 0.1) is 22.1 Å². The molecular formula is C69H59BN2. The van der Waals surface area contributed by atoms with Crippen LogP contribution in [0, 0.1) is 23.7 Å². The van der Waals surface area contributed by atoms with Gasteiger partial charge in [-0.25, -0.2) is 0 Å². The van der Waals surface area contributed by atoms with Crippen LogP contribution in [-0.4, -0.2) is 15.8 Å². The summed E-state index contributed by atoms with van der Waals surface area (Å²) in [5.41, 5.74) is 26.8. The third kappa shape index (κ3) is 5.17. The Kier molecular flexibility index (Phi) is 8.74. The third-order valence-electron chi connectivity index (χ3n) is 18.1. The van der Waals surface area contributed by atoms with Gasteiger partial charge in [-0.2, -0.15) is 0 Å². The predicted molar refractivity (Wildman–Crippen MR) is 306 cm³/mol. The van der Waals surface area contributed by atoms with Crippen LogP contribution >= 0.6 is 0 Å². The van der Waals surface area contributed by atoms with Crippen molar-refractivity contribution in [2.45, 2.75) is 72.6 Å². The molecule has 72 heavy (non-hydrogen) atoms. The highest BCUT2D eigenvalue weighted by atomic mass is 15.1. The molecule has 0 amide bonds. The Morgan fingerprint density at radius 1 is 0.403 bits per heavy atom. The zero-order chi connectivity index (χ0) is 48.6. The molecule has 0 saturated heterocycles. The van der Waals surface area contributed by atoms with Gasteiger partial charge in [-0.05, 0) is 143 Å². The zero-order valence-corrected chi connectivity index (χ0v) is 42.7. The molecule has 0 radical (unpaired) electrons. The molecule has 2 aromatic heterocycles. The molecule has 0 unspecified atom stereocenters. The van der Waals surface area contributed by atoms with Gasteiger partial charge in [-0.15, -0.1) is 0 Å². The standard InChI is InChI=1S/C69H59BN2/c1-38(2)59(39(3)4)45-34-50-51-35-46(60(40(5)6)41(7)8)37-57-66(51)72-65(50)56(36-45)69(53-29-19-17-27-48(53)49-28-18-20-30-54(49)69)55-31-32-58-63(68(55)72)70(57)62-47-26-16-15-25-44(47)33-52-61(42-21-11-9-12-22-42)64(71(58)67(52)62)43-23-13-10-14-24-43/h9-41,59-60H,1-8H3. The van der Waals surface area contributed by atoms with Crippen LogP contribution in [0.2, 0.25) is 0 Å². The number of benzene rings is 9. The topological polar surface area (TPSA) is 9.86 Å². The lowest BCUT2D eigenvalue weighted by Crippen LogP contribution is -2.61. The first-order valence-electron chi connectivity index (χ1n) is 26.8. The van der Waals surface area contributed by atoms with Crippen LogP contribution in [0.3, 0.4) is 0 Å². The van der Waals surface area contributed by atoms with Gasteiger partial charge in [0, 0.05) is 38.6 Å². The quantitative estimate of drug-likeness (QED) is 0.134. The van der Waals surface area contributed by atoms with Crippen LogP contribution in [0.5, 0.6) is 0 Å². The van der Waals surface area contributed by atoms with Gasteiger partial charge >= 0.3 is 0 Å². The van der Waals surface area contributed by atoms with Crippen molar-refractivity contribution in [1.29, 1.82) is 0 Å². The minimum absolute atomic E-state index is 0.0264. The van der Waals surface area contributed by atoms with Gasteiger partial charge in [0.15, 0.2) is 0 Å². The number of fused-ring (bicyclic) bond motifs is 13. The summed E-state index contributed by atoms with van der Waals surface area (Å²) in [7, 11) is 0. The normalized spacial score (nSPS) is 14.4. The van der Waals surface area contributed by atoms with Gasteiger partial charge in [0.2, 0.25) is 0 Å². The Labute approximate surface area is 424 Å². The smallest absolute Gasteiger partial charge is 0.253 e. The van der Waals surface area contributed by atoms with Crippen LogP contribution in [0.1, 0.15) is 101 Å². The minimum atomic E-state index is -0.555. The molecule has 0 bridgehead atoms. The molecule has 0 saturated carbocycles. The van der Waals surface area contributed by atoms with Crippen LogP contribution in [0.4, 0.5) is 0 Å². The summed E-state index contributed by atoms with van der Waals surface area (Å²) in [6.07, 6.45) is 0. The van der Waals surface area contributed by atoms with Crippen molar-refractivity contribution in [3.05, 3.63) is 209 Å². The van der Waals surface area contributed by atoms with Crippen molar-refractivity contribution in [3.8, 4) is 44.9 Å². The molecule has 4 aliphatic rings. The molecule has 3 heteroatoms. The van der Waals surface area contributed by atoms with Crippen molar-refractivity contribution in [3.63, 3.8) is 0 Å². The molecular weight excluding hydrogens is 868 g/mol. The molecule has 0 fully saturated rings. The molecule has 1 spiro atoms. The first kappa shape index (κ1) is 42.3. The van der Waals surface area contributed by atoms with Crippen molar-refractivity contribution >= 4 is 66.6 Å². The van der Waals surface area contributed by atoms with E-state index in [1.54, 1.807) is 0 Å². The van der Waals surface area contributed by atoms with Gasteiger partial charge in [-0.1, -0.05) is 207 Å². The van der Waals surface area contributed by atoms with Crippen LogP contribution in [0.15, 0.2) is 176 Å². The zero-order valence-electron chi connectivity index (χ0n) is 42.7. The Morgan fingerprint density at radius 2 is 0.958 bits per heavy atom. The average Bonchev–Trinajstić information content (AvgIpc) is 4.03. The van der Waals surface area contributed by atoms with Crippen molar-refractivity contribution in [1.82, 2.24) is 9.13 Å². The summed E-state index contributed by atoms with van der Waals surface area (Å²) in [4.78, 5) is 0. The second kappa shape index (κ2) is 14.9. The van der Waals surface area contributed by atoms with E-state index in [1.165, 1.54) is 138 Å². The molecule has 2 nitrogen and oxygen atoms in total. The van der Waals surface area contributed by atoms with Crippen LogP contribution in [-0.2, 0) is 5.41 Å². The summed E-state index contributed by atoms with van der Waals surface area (Å²) in [5.74, 6) is 2.66. The first-order chi connectivity index (χ1) is 35.1. The Balaban J connectivity index is 1.23. The monoisotopic (exact) mass is 926 g/mol. The molecule has 11 aromatic rings.